The van der Waals surface area contributed by atoms with Gasteiger partial charge in [0.1, 0.15) is 0 Å². The number of aryl methyl sites for hydroxylation is 2. The molecule has 0 aromatic heterocycles. The van der Waals surface area contributed by atoms with E-state index in [0.717, 1.165) is 45.7 Å². The van der Waals surface area contributed by atoms with Crippen molar-refractivity contribution in [2.45, 2.75) is 26.9 Å². The topological polar surface area (TPSA) is 24.9 Å². The molecule has 66 heavy (non-hydrogen) atoms. The van der Waals surface area contributed by atoms with Gasteiger partial charge in [-0.05, 0) is 71.8 Å². The number of ether oxygens (including phenoxy) is 2. The summed E-state index contributed by atoms with van der Waals surface area (Å²) in [6.07, 6.45) is 0. The van der Waals surface area contributed by atoms with Crippen molar-refractivity contribution in [2.75, 3.05) is 9.80 Å². The Morgan fingerprint density at radius 2 is 0.667 bits per heavy atom. The maximum atomic E-state index is 6.22. The van der Waals surface area contributed by atoms with Crippen molar-refractivity contribution in [3.8, 4) is 45.3 Å². The van der Waals surface area contributed by atoms with Crippen LogP contribution in [0.2, 0.25) is 13.1 Å². The average molecular weight is 993 g/mol. The Bertz CT molecular complexity index is 3020. The summed E-state index contributed by atoms with van der Waals surface area (Å²) in [6, 6.07) is 72.4. The third-order valence-electron chi connectivity index (χ3n) is 11.5. The summed E-state index contributed by atoms with van der Waals surface area (Å²) in [5.74, 6) is 3.49. The van der Waals surface area contributed by atoms with Gasteiger partial charge in [-0.25, -0.2) is 0 Å². The molecule has 0 radical (unpaired) electrons. The van der Waals surface area contributed by atoms with Crippen molar-refractivity contribution in [3.05, 3.63) is 217 Å². The van der Waals surface area contributed by atoms with E-state index in [0.29, 0.717) is 0 Å². The van der Waals surface area contributed by atoms with Gasteiger partial charge in [0, 0.05) is 11.4 Å². The van der Waals surface area contributed by atoms with Crippen LogP contribution >= 0.6 is 0 Å². The van der Waals surface area contributed by atoms with Crippen LogP contribution in [0.1, 0.15) is 11.1 Å². The summed E-state index contributed by atoms with van der Waals surface area (Å²) in [5, 5.41) is 5.01. The number of anilines is 6. The predicted molar refractivity (Wildman–Crippen MR) is 266 cm³/mol. The van der Waals surface area contributed by atoms with Gasteiger partial charge in [0.2, 0.25) is 0 Å². The number of hydrogen-bond donors (Lipinski definition) is 0. The molecule has 8 heteroatoms. The van der Waals surface area contributed by atoms with Crippen molar-refractivity contribution in [1.82, 2.24) is 0 Å². The Morgan fingerprint density at radius 1 is 0.379 bits per heavy atom. The first kappa shape index (κ1) is 46.4. The number of halogens is 2. The standard InChI is InChI=1S/2C28H20NO.C2H6Si.2ClH.Zr/c2*1-19-15-22-17-21(20-9-3-2-4-10-20)18-26(23(22)16-19)29-24-11-5-7-13-27(24)30-28-14-8-6-12-25(28)29;1-3-2;;;/h2*2-18H,1H3;1-2H3;2*1H;/q2*-1;;;;+2/p-2. The third kappa shape index (κ3) is 9.30. The Morgan fingerprint density at radius 3 is 0.985 bits per heavy atom. The van der Waals surface area contributed by atoms with Crippen LogP contribution in [-0.4, -0.2) is 5.43 Å². The minimum absolute atomic E-state index is 0. The van der Waals surface area contributed by atoms with Crippen LogP contribution < -0.4 is 44.1 Å². The maximum absolute atomic E-state index is 6.22. The molecule has 10 aromatic carbocycles. The monoisotopic (exact) mass is 990 g/mol. The molecule has 0 bridgehead atoms. The molecule has 0 fully saturated rings. The second-order valence-corrected chi connectivity index (χ2v) is 25.9. The minimum atomic E-state index is 0. The van der Waals surface area contributed by atoms with Crippen LogP contribution in [0.4, 0.5) is 34.1 Å². The molecule has 0 spiro atoms. The second kappa shape index (κ2) is 20.2. The van der Waals surface area contributed by atoms with E-state index in [4.69, 9.17) is 9.47 Å². The normalized spacial score (nSPS) is 11.7. The van der Waals surface area contributed by atoms with E-state index >= 15 is 0 Å². The first-order valence-electron chi connectivity index (χ1n) is 21.7. The van der Waals surface area contributed by atoms with Gasteiger partial charge in [0.15, 0.2) is 23.0 Å². The SMILES string of the molecule is C[Si](C)=[Zr+2].Cc1cc2c(N3c4ccccc4Oc4ccccc43)cc(-c3ccccc3)cc2[cH-]1.Cc1cc2c(N3c4ccccc4Oc4ccccc43)cc(-c3ccccc3)cc2[cH-]1.[Cl-].[Cl-]. The molecule has 0 amide bonds. The van der Waals surface area contributed by atoms with Gasteiger partial charge in [0.25, 0.3) is 0 Å². The third-order valence-corrected chi connectivity index (χ3v) is 11.5. The van der Waals surface area contributed by atoms with Gasteiger partial charge in [-0.3, -0.25) is 0 Å². The minimum Gasteiger partial charge on any atom is -1.00 e. The summed E-state index contributed by atoms with van der Waals surface area (Å²) in [4.78, 5) is 4.67. The molecule has 10 aromatic rings. The van der Waals surface area contributed by atoms with Gasteiger partial charge < -0.3 is 44.1 Å². The van der Waals surface area contributed by atoms with Crippen LogP contribution in [0.15, 0.2) is 206 Å². The van der Waals surface area contributed by atoms with Gasteiger partial charge in [-0.15, -0.1) is 56.9 Å². The van der Waals surface area contributed by atoms with Crippen molar-refractivity contribution < 1.29 is 57.6 Å². The molecule has 2 aliphatic rings. The number of nitrogens with zero attached hydrogens (tertiary/aromatic N) is 2. The van der Waals surface area contributed by atoms with Crippen LogP contribution in [0.3, 0.4) is 0 Å². The molecule has 0 unspecified atom stereocenters. The fourth-order valence-corrected chi connectivity index (χ4v) is 8.80. The molecule has 0 atom stereocenters. The molecular weight excluding hydrogens is 947 g/mol. The molecule has 4 nitrogen and oxygen atoms in total. The van der Waals surface area contributed by atoms with Crippen molar-refractivity contribution in [1.29, 1.82) is 0 Å². The van der Waals surface area contributed by atoms with Crippen LogP contribution in [-0.2, 0) is 23.3 Å². The Labute approximate surface area is 415 Å². The van der Waals surface area contributed by atoms with E-state index < -0.39 is 0 Å². The zero-order chi connectivity index (χ0) is 43.7. The van der Waals surface area contributed by atoms with Crippen LogP contribution in [0, 0.1) is 13.8 Å². The van der Waals surface area contributed by atoms with E-state index in [-0.39, 0.29) is 30.2 Å². The fraction of sp³-hybridized carbons (Fsp3) is 0.0690. The van der Waals surface area contributed by atoms with E-state index in [2.05, 4.69) is 194 Å². The Hall–Kier alpha value is -6.14. The van der Waals surface area contributed by atoms with Crippen LogP contribution in [0.5, 0.6) is 23.0 Å². The average Bonchev–Trinajstić information content (AvgIpc) is 3.90. The molecule has 0 aliphatic carbocycles. The smallest absolute Gasteiger partial charge is 0.151 e. The van der Waals surface area contributed by atoms with E-state index in [1.807, 2.05) is 48.5 Å². The number of hydrogen-bond acceptors (Lipinski definition) is 4. The van der Waals surface area contributed by atoms with Crippen molar-refractivity contribution >= 4 is 61.1 Å². The quantitative estimate of drug-likeness (QED) is 0.130. The summed E-state index contributed by atoms with van der Waals surface area (Å²) in [6.45, 7) is 8.94. The number of para-hydroxylation sites is 8. The van der Waals surface area contributed by atoms with Crippen LogP contribution in [0.25, 0.3) is 43.8 Å². The largest absolute Gasteiger partial charge is 1.00 e. The van der Waals surface area contributed by atoms with Gasteiger partial charge in [-0.2, -0.15) is 12.1 Å². The fourth-order valence-electron chi connectivity index (χ4n) is 8.80. The summed E-state index contributed by atoms with van der Waals surface area (Å²) < 4.78 is 12.4. The zero-order valence-electron chi connectivity index (χ0n) is 37.1. The van der Waals surface area contributed by atoms with Gasteiger partial charge >= 0.3 is 41.9 Å². The molecule has 12 rings (SSSR count). The molecule has 324 valence electrons. The summed E-state index contributed by atoms with van der Waals surface area (Å²) >= 11 is 1.74. The number of rotatable bonds is 4. The van der Waals surface area contributed by atoms with Gasteiger partial charge in [-0.1, -0.05) is 134 Å². The van der Waals surface area contributed by atoms with Gasteiger partial charge in [0.05, 0.1) is 22.7 Å². The Kier molecular flexibility index (Phi) is 14.2. The number of fused-ring (bicyclic) bond motifs is 6. The summed E-state index contributed by atoms with van der Waals surface area (Å²) in [5.41, 5.74) is 14.2. The second-order valence-electron chi connectivity index (χ2n) is 16.5. The maximum Gasteiger partial charge on any atom is 0.151 e. The number of benzene rings is 8. The first-order valence-corrected chi connectivity index (χ1v) is 27.8. The zero-order valence-corrected chi connectivity index (χ0v) is 42.1. The molecule has 2 aliphatic heterocycles. The molecule has 0 saturated heterocycles. The Balaban J connectivity index is 0.000000162. The molecular formula is C58H46Cl2N2O2SiZr-2. The molecule has 2 heterocycles. The van der Waals surface area contributed by atoms with E-state index in [1.54, 1.807) is 23.3 Å². The van der Waals surface area contributed by atoms with E-state index in [9.17, 15) is 0 Å². The molecule has 0 saturated carbocycles. The predicted octanol–water partition coefficient (Wildman–Crippen LogP) is 11.0. The van der Waals surface area contributed by atoms with E-state index in [1.165, 1.54) is 66.3 Å². The first-order chi connectivity index (χ1) is 31.3. The summed E-state index contributed by atoms with van der Waals surface area (Å²) in [7, 11) is 0. The van der Waals surface area contributed by atoms with Crippen molar-refractivity contribution in [2.24, 2.45) is 0 Å². The molecule has 0 N–H and O–H groups in total. The van der Waals surface area contributed by atoms with Crippen molar-refractivity contribution in [3.63, 3.8) is 0 Å².